The molecule has 1 rings (SSSR count). The van der Waals surface area contributed by atoms with Gasteiger partial charge in [-0.2, -0.15) is 0 Å². The predicted molar refractivity (Wildman–Crippen MR) is 67.2 cm³/mol. The number of methoxy groups -OCH3 is 1. The first-order chi connectivity index (χ1) is 8.35. The fraction of sp³-hybridized carbons (Fsp3) is 0.846. The Morgan fingerprint density at radius 3 is 2.50 bits per heavy atom. The molecule has 1 fully saturated rings. The van der Waals surface area contributed by atoms with Gasteiger partial charge in [0.25, 0.3) is 0 Å². The molecule has 5 nitrogen and oxygen atoms in total. The van der Waals surface area contributed by atoms with E-state index in [0.717, 1.165) is 19.3 Å². The number of ether oxygens (including phenoxy) is 1. The molecule has 18 heavy (non-hydrogen) atoms. The topological polar surface area (TPSA) is 75.6 Å². The van der Waals surface area contributed by atoms with Gasteiger partial charge in [0.15, 0.2) is 0 Å². The molecule has 0 aliphatic heterocycles. The molecule has 0 saturated heterocycles. The Labute approximate surface area is 108 Å². The van der Waals surface area contributed by atoms with Crippen molar-refractivity contribution in [1.82, 2.24) is 5.32 Å². The number of rotatable bonds is 5. The third kappa shape index (κ3) is 4.29. The summed E-state index contributed by atoms with van der Waals surface area (Å²) in [5.74, 6) is -1.40. The van der Waals surface area contributed by atoms with E-state index in [4.69, 9.17) is 9.84 Å². The number of nitrogens with one attached hydrogen (secondary N) is 1. The minimum absolute atomic E-state index is 0.139. The lowest BCUT2D eigenvalue weighted by molar-refractivity contribution is -0.144. The molecule has 0 bridgehead atoms. The van der Waals surface area contributed by atoms with Gasteiger partial charge in [-0.15, -0.1) is 0 Å². The molecule has 0 spiro atoms. The first-order valence-corrected chi connectivity index (χ1v) is 6.43. The van der Waals surface area contributed by atoms with Crippen LogP contribution in [-0.2, 0) is 14.3 Å². The Bertz CT molecular complexity index is 314. The van der Waals surface area contributed by atoms with Gasteiger partial charge in [-0.3, -0.25) is 9.59 Å². The molecule has 1 aliphatic rings. The molecule has 1 amide bonds. The molecule has 1 aliphatic carbocycles. The van der Waals surface area contributed by atoms with Gasteiger partial charge in [-0.25, -0.2) is 0 Å². The summed E-state index contributed by atoms with van der Waals surface area (Å²) in [4.78, 5) is 23.0. The molecule has 5 heteroatoms. The average Bonchev–Trinajstić information content (AvgIpc) is 2.28. The minimum Gasteiger partial charge on any atom is -0.481 e. The van der Waals surface area contributed by atoms with Crippen molar-refractivity contribution < 1.29 is 19.4 Å². The van der Waals surface area contributed by atoms with Crippen molar-refractivity contribution in [2.24, 2.45) is 5.92 Å². The summed E-state index contributed by atoms with van der Waals surface area (Å²) in [5, 5.41) is 12.0. The van der Waals surface area contributed by atoms with E-state index in [2.05, 4.69) is 5.32 Å². The summed E-state index contributed by atoms with van der Waals surface area (Å²) in [7, 11) is 1.56. The van der Waals surface area contributed by atoms with Crippen LogP contribution in [0.25, 0.3) is 0 Å². The number of carbonyl (C=O) groups excluding carboxylic acids is 1. The van der Waals surface area contributed by atoms with Gasteiger partial charge in [0.2, 0.25) is 5.91 Å². The van der Waals surface area contributed by atoms with Gasteiger partial charge in [0, 0.05) is 13.2 Å². The van der Waals surface area contributed by atoms with E-state index in [1.54, 1.807) is 7.11 Å². The Hall–Kier alpha value is -1.10. The Morgan fingerprint density at radius 2 is 1.94 bits per heavy atom. The maximum atomic E-state index is 11.9. The van der Waals surface area contributed by atoms with E-state index in [0.29, 0.717) is 6.42 Å². The molecule has 0 aromatic rings. The standard InChI is InChI=1S/C13H23NO4/c1-13(2,18-3)8-11(15)14-10-7-5-4-6-9(10)12(16)17/h9-10H,4-8H2,1-3H3,(H,14,15)(H,16,17). The normalized spacial score (nSPS) is 24.6. The number of hydrogen-bond donors (Lipinski definition) is 2. The third-order valence-corrected chi connectivity index (χ3v) is 3.57. The van der Waals surface area contributed by atoms with Crippen LogP contribution < -0.4 is 5.32 Å². The quantitative estimate of drug-likeness (QED) is 0.783. The second-order valence-electron chi connectivity index (χ2n) is 5.54. The summed E-state index contributed by atoms with van der Waals surface area (Å²) in [6.45, 7) is 3.67. The zero-order valence-corrected chi connectivity index (χ0v) is 11.4. The molecular formula is C13H23NO4. The lowest BCUT2D eigenvalue weighted by Gasteiger charge is -2.30. The van der Waals surface area contributed by atoms with Crippen LogP contribution in [0.3, 0.4) is 0 Å². The van der Waals surface area contributed by atoms with Crippen LogP contribution in [-0.4, -0.2) is 35.7 Å². The van der Waals surface area contributed by atoms with Crippen molar-refractivity contribution in [3.8, 4) is 0 Å². The van der Waals surface area contributed by atoms with Crippen LogP contribution in [0.2, 0.25) is 0 Å². The Balaban J connectivity index is 2.54. The van der Waals surface area contributed by atoms with Crippen molar-refractivity contribution in [3.63, 3.8) is 0 Å². The zero-order valence-electron chi connectivity index (χ0n) is 11.4. The lowest BCUT2D eigenvalue weighted by atomic mass is 9.84. The predicted octanol–water partition coefficient (Wildman–Crippen LogP) is 1.56. The van der Waals surface area contributed by atoms with Gasteiger partial charge in [0.05, 0.1) is 17.9 Å². The highest BCUT2D eigenvalue weighted by Crippen LogP contribution is 2.25. The number of carboxylic acid groups (broad SMARTS) is 1. The number of aliphatic carboxylic acids is 1. The van der Waals surface area contributed by atoms with Crippen LogP contribution in [0.15, 0.2) is 0 Å². The second-order valence-corrected chi connectivity index (χ2v) is 5.54. The molecule has 2 unspecified atom stereocenters. The van der Waals surface area contributed by atoms with E-state index in [1.165, 1.54) is 0 Å². The highest BCUT2D eigenvalue weighted by Gasteiger charge is 2.32. The molecule has 0 aromatic heterocycles. The number of carbonyl (C=O) groups is 2. The number of carboxylic acids is 1. The summed E-state index contributed by atoms with van der Waals surface area (Å²) in [5.41, 5.74) is -0.516. The van der Waals surface area contributed by atoms with Gasteiger partial charge in [-0.1, -0.05) is 12.8 Å². The van der Waals surface area contributed by atoms with Crippen LogP contribution in [0, 0.1) is 5.92 Å². The molecule has 1 saturated carbocycles. The van der Waals surface area contributed by atoms with Crippen LogP contribution >= 0.6 is 0 Å². The van der Waals surface area contributed by atoms with Crippen molar-refractivity contribution in [3.05, 3.63) is 0 Å². The molecule has 2 atom stereocenters. The summed E-state index contributed by atoms with van der Waals surface area (Å²) < 4.78 is 5.19. The highest BCUT2D eigenvalue weighted by molar-refractivity contribution is 5.79. The van der Waals surface area contributed by atoms with Gasteiger partial charge in [-0.05, 0) is 26.7 Å². The largest absolute Gasteiger partial charge is 0.481 e. The number of amides is 1. The molecule has 0 heterocycles. The molecular weight excluding hydrogens is 234 g/mol. The molecule has 2 N–H and O–H groups in total. The third-order valence-electron chi connectivity index (χ3n) is 3.57. The van der Waals surface area contributed by atoms with Crippen molar-refractivity contribution >= 4 is 11.9 Å². The van der Waals surface area contributed by atoms with Crippen LogP contribution in [0.5, 0.6) is 0 Å². The lowest BCUT2D eigenvalue weighted by Crippen LogP contribution is -2.46. The number of hydrogen-bond acceptors (Lipinski definition) is 3. The minimum atomic E-state index is -0.814. The summed E-state index contributed by atoms with van der Waals surface area (Å²) >= 11 is 0. The van der Waals surface area contributed by atoms with Gasteiger partial charge < -0.3 is 15.2 Å². The fourth-order valence-corrected chi connectivity index (χ4v) is 2.32. The highest BCUT2D eigenvalue weighted by atomic mass is 16.5. The smallest absolute Gasteiger partial charge is 0.308 e. The maximum Gasteiger partial charge on any atom is 0.308 e. The van der Waals surface area contributed by atoms with Crippen molar-refractivity contribution in [1.29, 1.82) is 0 Å². The van der Waals surface area contributed by atoms with Gasteiger partial charge >= 0.3 is 5.97 Å². The summed E-state index contributed by atoms with van der Waals surface area (Å²) in [6, 6.07) is -0.239. The fourth-order valence-electron chi connectivity index (χ4n) is 2.32. The van der Waals surface area contributed by atoms with E-state index in [1.807, 2.05) is 13.8 Å². The van der Waals surface area contributed by atoms with E-state index < -0.39 is 17.5 Å². The van der Waals surface area contributed by atoms with Crippen molar-refractivity contribution in [2.75, 3.05) is 7.11 Å². The molecule has 0 aromatic carbocycles. The maximum absolute atomic E-state index is 11.9. The molecule has 104 valence electrons. The first-order valence-electron chi connectivity index (χ1n) is 6.43. The monoisotopic (exact) mass is 257 g/mol. The van der Waals surface area contributed by atoms with E-state index in [-0.39, 0.29) is 18.4 Å². The van der Waals surface area contributed by atoms with Crippen molar-refractivity contribution in [2.45, 2.75) is 57.6 Å². The zero-order chi connectivity index (χ0) is 13.8. The SMILES string of the molecule is COC(C)(C)CC(=O)NC1CCCCC1C(=O)O. The Kier molecular flexibility index (Phi) is 5.14. The van der Waals surface area contributed by atoms with Crippen LogP contribution in [0.4, 0.5) is 0 Å². The van der Waals surface area contributed by atoms with E-state index >= 15 is 0 Å². The van der Waals surface area contributed by atoms with E-state index in [9.17, 15) is 9.59 Å². The van der Waals surface area contributed by atoms with Crippen LogP contribution in [0.1, 0.15) is 46.0 Å². The second kappa shape index (κ2) is 6.18. The first kappa shape index (κ1) is 15.0. The summed E-state index contributed by atoms with van der Waals surface area (Å²) in [6.07, 6.45) is 3.53. The molecule has 0 radical (unpaired) electrons. The van der Waals surface area contributed by atoms with Gasteiger partial charge in [0.1, 0.15) is 0 Å². The average molecular weight is 257 g/mol. The Morgan fingerprint density at radius 1 is 1.33 bits per heavy atom.